The lowest BCUT2D eigenvalue weighted by atomic mass is 10.1. The fourth-order valence-electron chi connectivity index (χ4n) is 1.84. The zero-order chi connectivity index (χ0) is 12.4. The SMILES string of the molecule is COc1cccc2sc(C(C)CC(=O)O)cc12. The number of carboxylic acid groups (broad SMARTS) is 1. The van der Waals surface area contributed by atoms with Crippen LogP contribution in [-0.2, 0) is 4.79 Å². The zero-order valence-electron chi connectivity index (χ0n) is 9.77. The minimum absolute atomic E-state index is 0.0367. The molecule has 0 saturated carbocycles. The van der Waals surface area contributed by atoms with Gasteiger partial charge < -0.3 is 9.84 Å². The molecule has 1 heterocycles. The summed E-state index contributed by atoms with van der Waals surface area (Å²) in [6, 6.07) is 7.93. The molecule has 0 fully saturated rings. The summed E-state index contributed by atoms with van der Waals surface area (Å²) in [5.41, 5.74) is 0. The minimum Gasteiger partial charge on any atom is -0.496 e. The summed E-state index contributed by atoms with van der Waals surface area (Å²) in [6.45, 7) is 1.94. The Balaban J connectivity index is 2.40. The van der Waals surface area contributed by atoms with E-state index in [-0.39, 0.29) is 12.3 Å². The highest BCUT2D eigenvalue weighted by atomic mass is 32.1. The quantitative estimate of drug-likeness (QED) is 0.903. The van der Waals surface area contributed by atoms with Gasteiger partial charge in [-0.15, -0.1) is 11.3 Å². The molecule has 0 aliphatic carbocycles. The van der Waals surface area contributed by atoms with Gasteiger partial charge in [-0.1, -0.05) is 13.0 Å². The minimum atomic E-state index is -0.762. The van der Waals surface area contributed by atoms with Crippen molar-refractivity contribution in [2.45, 2.75) is 19.3 Å². The number of hydrogen-bond donors (Lipinski definition) is 1. The summed E-state index contributed by atoms with van der Waals surface area (Å²) in [4.78, 5) is 11.8. The molecule has 4 heteroatoms. The van der Waals surface area contributed by atoms with Gasteiger partial charge in [-0.3, -0.25) is 4.79 Å². The number of thiophene rings is 1. The zero-order valence-corrected chi connectivity index (χ0v) is 10.6. The van der Waals surface area contributed by atoms with Crippen molar-refractivity contribution < 1.29 is 14.6 Å². The summed E-state index contributed by atoms with van der Waals surface area (Å²) in [5.74, 6) is 0.115. The first-order chi connectivity index (χ1) is 8.11. The first-order valence-electron chi connectivity index (χ1n) is 5.40. The molecule has 90 valence electrons. The van der Waals surface area contributed by atoms with Gasteiger partial charge in [-0.25, -0.2) is 0 Å². The van der Waals surface area contributed by atoms with Crippen LogP contribution in [0.25, 0.3) is 10.1 Å². The van der Waals surface area contributed by atoms with Crippen molar-refractivity contribution in [1.29, 1.82) is 0 Å². The summed E-state index contributed by atoms with van der Waals surface area (Å²) >= 11 is 1.63. The van der Waals surface area contributed by atoms with Gasteiger partial charge in [0.1, 0.15) is 5.75 Å². The van der Waals surface area contributed by atoms with Crippen molar-refractivity contribution in [3.8, 4) is 5.75 Å². The molecule has 0 spiro atoms. The van der Waals surface area contributed by atoms with Gasteiger partial charge in [0.05, 0.1) is 13.5 Å². The number of carboxylic acids is 1. The van der Waals surface area contributed by atoms with Crippen molar-refractivity contribution in [2.75, 3.05) is 7.11 Å². The molecule has 1 unspecified atom stereocenters. The Morgan fingerprint density at radius 2 is 2.29 bits per heavy atom. The fourth-order valence-corrected chi connectivity index (χ4v) is 2.97. The van der Waals surface area contributed by atoms with Crippen LogP contribution in [0.1, 0.15) is 24.1 Å². The second-order valence-electron chi connectivity index (χ2n) is 4.02. The van der Waals surface area contributed by atoms with Crippen LogP contribution in [0.3, 0.4) is 0 Å². The van der Waals surface area contributed by atoms with Crippen LogP contribution in [0.15, 0.2) is 24.3 Å². The van der Waals surface area contributed by atoms with E-state index in [0.29, 0.717) is 0 Å². The molecule has 17 heavy (non-hydrogen) atoms. The van der Waals surface area contributed by atoms with Crippen LogP contribution in [0.5, 0.6) is 5.75 Å². The number of rotatable bonds is 4. The molecule has 0 radical (unpaired) electrons. The average Bonchev–Trinajstić information content (AvgIpc) is 2.71. The first-order valence-corrected chi connectivity index (χ1v) is 6.21. The lowest BCUT2D eigenvalue weighted by Crippen LogP contribution is -2.00. The van der Waals surface area contributed by atoms with E-state index in [0.717, 1.165) is 20.7 Å². The second-order valence-corrected chi connectivity index (χ2v) is 5.14. The number of aliphatic carboxylic acids is 1. The van der Waals surface area contributed by atoms with Gasteiger partial charge in [0, 0.05) is 20.9 Å². The normalized spacial score (nSPS) is 12.6. The van der Waals surface area contributed by atoms with Crippen molar-refractivity contribution in [3.05, 3.63) is 29.1 Å². The van der Waals surface area contributed by atoms with Crippen molar-refractivity contribution in [1.82, 2.24) is 0 Å². The van der Waals surface area contributed by atoms with Crippen LogP contribution < -0.4 is 4.74 Å². The van der Waals surface area contributed by atoms with Crippen molar-refractivity contribution >= 4 is 27.4 Å². The number of benzene rings is 1. The lowest BCUT2D eigenvalue weighted by Gasteiger charge is -2.03. The number of fused-ring (bicyclic) bond motifs is 1. The van der Waals surface area contributed by atoms with E-state index in [9.17, 15) is 4.79 Å². The monoisotopic (exact) mass is 250 g/mol. The molecular formula is C13H14O3S. The molecule has 0 bridgehead atoms. The highest BCUT2D eigenvalue weighted by molar-refractivity contribution is 7.19. The van der Waals surface area contributed by atoms with Crippen LogP contribution in [-0.4, -0.2) is 18.2 Å². The maximum atomic E-state index is 10.7. The maximum absolute atomic E-state index is 10.7. The maximum Gasteiger partial charge on any atom is 0.303 e. The summed E-state index contributed by atoms with van der Waals surface area (Å²) < 4.78 is 6.43. The smallest absolute Gasteiger partial charge is 0.303 e. The average molecular weight is 250 g/mol. The molecule has 1 atom stereocenters. The number of methoxy groups -OCH3 is 1. The highest BCUT2D eigenvalue weighted by Gasteiger charge is 2.14. The van der Waals surface area contributed by atoms with Crippen LogP contribution >= 0.6 is 11.3 Å². The van der Waals surface area contributed by atoms with Crippen molar-refractivity contribution in [3.63, 3.8) is 0 Å². The van der Waals surface area contributed by atoms with E-state index >= 15 is 0 Å². The molecule has 2 rings (SSSR count). The third kappa shape index (κ3) is 2.42. The number of carbonyl (C=O) groups is 1. The van der Waals surface area contributed by atoms with Gasteiger partial charge in [0.2, 0.25) is 0 Å². The van der Waals surface area contributed by atoms with Gasteiger partial charge >= 0.3 is 5.97 Å². The molecule has 3 nitrogen and oxygen atoms in total. The fraction of sp³-hybridized carbons (Fsp3) is 0.308. The van der Waals surface area contributed by atoms with Crippen LogP contribution in [0.4, 0.5) is 0 Å². The summed E-state index contributed by atoms with van der Waals surface area (Å²) in [5, 5.41) is 9.86. The van der Waals surface area contributed by atoms with Gasteiger partial charge in [0.15, 0.2) is 0 Å². The molecular weight excluding hydrogens is 236 g/mol. The Morgan fingerprint density at radius 1 is 1.53 bits per heavy atom. The predicted octanol–water partition coefficient (Wildman–Crippen LogP) is 3.49. The Kier molecular flexibility index (Phi) is 3.33. The Hall–Kier alpha value is -1.55. The van der Waals surface area contributed by atoms with Crippen molar-refractivity contribution in [2.24, 2.45) is 0 Å². The van der Waals surface area contributed by atoms with E-state index in [2.05, 4.69) is 0 Å². The Labute approximate surface area is 104 Å². The third-order valence-electron chi connectivity index (χ3n) is 2.73. The molecule has 1 aromatic carbocycles. The first kappa shape index (κ1) is 11.9. The molecule has 1 N–H and O–H groups in total. The number of hydrogen-bond acceptors (Lipinski definition) is 3. The van der Waals surface area contributed by atoms with E-state index in [4.69, 9.17) is 9.84 Å². The van der Waals surface area contributed by atoms with Crippen LogP contribution in [0, 0.1) is 0 Å². The van der Waals surface area contributed by atoms with E-state index in [1.165, 1.54) is 0 Å². The number of ether oxygens (including phenoxy) is 1. The predicted molar refractivity (Wildman–Crippen MR) is 69.0 cm³/mol. The molecule has 1 aromatic heterocycles. The summed E-state index contributed by atoms with van der Waals surface area (Å²) in [6.07, 6.45) is 0.162. The van der Waals surface area contributed by atoms with Gasteiger partial charge in [-0.2, -0.15) is 0 Å². The topological polar surface area (TPSA) is 46.5 Å². The standard InChI is InChI=1S/C13H14O3S/c1-8(6-13(14)15)12-7-9-10(16-2)4-3-5-11(9)17-12/h3-5,7-8H,6H2,1-2H3,(H,14,15). The largest absolute Gasteiger partial charge is 0.496 e. The lowest BCUT2D eigenvalue weighted by molar-refractivity contribution is -0.137. The van der Waals surface area contributed by atoms with Crippen LogP contribution in [0.2, 0.25) is 0 Å². The third-order valence-corrected chi connectivity index (χ3v) is 4.06. The Bertz CT molecular complexity index is 545. The molecule has 2 aromatic rings. The summed E-state index contributed by atoms with van der Waals surface area (Å²) in [7, 11) is 1.65. The van der Waals surface area contributed by atoms with E-state index in [1.807, 2.05) is 31.2 Å². The van der Waals surface area contributed by atoms with E-state index in [1.54, 1.807) is 18.4 Å². The van der Waals surface area contributed by atoms with E-state index < -0.39 is 5.97 Å². The van der Waals surface area contributed by atoms with Gasteiger partial charge in [-0.05, 0) is 18.2 Å². The molecule has 0 saturated heterocycles. The molecule has 0 amide bonds. The Morgan fingerprint density at radius 3 is 2.94 bits per heavy atom. The second kappa shape index (κ2) is 4.75. The highest BCUT2D eigenvalue weighted by Crippen LogP contribution is 2.36. The van der Waals surface area contributed by atoms with Gasteiger partial charge in [0.25, 0.3) is 0 Å². The molecule has 0 aliphatic rings. The molecule has 0 aliphatic heterocycles.